The van der Waals surface area contributed by atoms with Crippen molar-refractivity contribution in [2.24, 2.45) is 0 Å². The normalized spacial score (nSPS) is 9.87. The van der Waals surface area contributed by atoms with Crippen molar-refractivity contribution in [1.29, 1.82) is 0 Å². The van der Waals surface area contributed by atoms with Gasteiger partial charge in [-0.05, 0) is 18.6 Å². The zero-order valence-corrected chi connectivity index (χ0v) is 9.38. The summed E-state index contributed by atoms with van der Waals surface area (Å²) in [6, 6.07) is 1.56. The van der Waals surface area contributed by atoms with E-state index in [1.807, 2.05) is 0 Å². The lowest BCUT2D eigenvalue weighted by molar-refractivity contribution is 0.0692. The van der Waals surface area contributed by atoms with E-state index in [9.17, 15) is 4.79 Å². The van der Waals surface area contributed by atoms with E-state index in [4.69, 9.17) is 26.2 Å². The Morgan fingerprint density at radius 1 is 1.40 bits per heavy atom. The maximum absolute atomic E-state index is 11.0. The largest absolute Gasteiger partial charge is 0.495 e. The van der Waals surface area contributed by atoms with Gasteiger partial charge in [0.1, 0.15) is 16.3 Å². The highest BCUT2D eigenvalue weighted by Gasteiger charge is 2.20. The molecule has 0 aliphatic heterocycles. The second-order valence-corrected chi connectivity index (χ2v) is 3.30. The zero-order chi connectivity index (χ0) is 11.6. The Labute approximate surface area is 92.4 Å². The predicted molar refractivity (Wildman–Crippen MR) is 56.3 cm³/mol. The SMILES string of the molecule is COc1cc(C)c(C(=O)O)c(OC)c1Cl. The van der Waals surface area contributed by atoms with E-state index in [1.165, 1.54) is 14.2 Å². The van der Waals surface area contributed by atoms with Crippen LogP contribution in [0.2, 0.25) is 5.02 Å². The molecule has 0 fully saturated rings. The molecule has 1 N–H and O–H groups in total. The van der Waals surface area contributed by atoms with Crippen LogP contribution in [0.3, 0.4) is 0 Å². The first kappa shape index (κ1) is 11.7. The average Bonchev–Trinajstić information content (AvgIpc) is 2.19. The van der Waals surface area contributed by atoms with Crippen molar-refractivity contribution in [3.63, 3.8) is 0 Å². The number of methoxy groups -OCH3 is 2. The number of hydrogen-bond donors (Lipinski definition) is 1. The van der Waals surface area contributed by atoms with Crippen molar-refractivity contribution in [2.45, 2.75) is 6.92 Å². The number of rotatable bonds is 3. The summed E-state index contributed by atoms with van der Waals surface area (Å²) in [5.74, 6) is -0.550. The van der Waals surface area contributed by atoms with Gasteiger partial charge in [0.15, 0.2) is 5.75 Å². The first-order valence-electron chi connectivity index (χ1n) is 4.17. The van der Waals surface area contributed by atoms with Crippen LogP contribution in [-0.4, -0.2) is 25.3 Å². The van der Waals surface area contributed by atoms with Gasteiger partial charge in [-0.25, -0.2) is 4.79 Å². The standard InChI is InChI=1S/C10H11ClO4/c1-5-4-6(14-2)8(11)9(15-3)7(5)10(12)13/h4H,1-3H3,(H,12,13). The molecule has 5 heteroatoms. The number of ether oxygens (including phenoxy) is 2. The highest BCUT2D eigenvalue weighted by Crippen LogP contribution is 2.38. The lowest BCUT2D eigenvalue weighted by atomic mass is 10.1. The number of hydrogen-bond acceptors (Lipinski definition) is 3. The van der Waals surface area contributed by atoms with Crippen molar-refractivity contribution < 1.29 is 19.4 Å². The van der Waals surface area contributed by atoms with Crippen LogP contribution in [0.25, 0.3) is 0 Å². The van der Waals surface area contributed by atoms with Gasteiger partial charge in [-0.15, -0.1) is 0 Å². The predicted octanol–water partition coefficient (Wildman–Crippen LogP) is 2.36. The molecule has 0 aromatic heterocycles. The quantitative estimate of drug-likeness (QED) is 0.866. The number of benzene rings is 1. The Morgan fingerprint density at radius 3 is 2.40 bits per heavy atom. The molecule has 0 heterocycles. The van der Waals surface area contributed by atoms with Crippen LogP contribution in [-0.2, 0) is 0 Å². The van der Waals surface area contributed by atoms with Gasteiger partial charge in [0.05, 0.1) is 14.2 Å². The van der Waals surface area contributed by atoms with Gasteiger partial charge < -0.3 is 14.6 Å². The Bertz CT molecular complexity index is 401. The minimum absolute atomic E-state index is 0.0586. The summed E-state index contributed by atoms with van der Waals surface area (Å²) in [5.41, 5.74) is 0.601. The van der Waals surface area contributed by atoms with Crippen LogP contribution >= 0.6 is 11.6 Å². The van der Waals surface area contributed by atoms with E-state index >= 15 is 0 Å². The third-order valence-electron chi connectivity index (χ3n) is 2.02. The molecule has 1 rings (SSSR count). The van der Waals surface area contributed by atoms with Crippen molar-refractivity contribution in [3.8, 4) is 11.5 Å². The first-order valence-corrected chi connectivity index (χ1v) is 4.55. The van der Waals surface area contributed by atoms with Gasteiger partial charge in [0, 0.05) is 0 Å². The Balaban J connectivity index is 3.53. The van der Waals surface area contributed by atoms with E-state index in [2.05, 4.69) is 0 Å². The van der Waals surface area contributed by atoms with Crippen LogP contribution in [0.4, 0.5) is 0 Å². The minimum atomic E-state index is -1.08. The van der Waals surface area contributed by atoms with Gasteiger partial charge in [-0.2, -0.15) is 0 Å². The highest BCUT2D eigenvalue weighted by atomic mass is 35.5. The zero-order valence-electron chi connectivity index (χ0n) is 8.63. The summed E-state index contributed by atoms with van der Waals surface area (Å²) in [7, 11) is 2.83. The Morgan fingerprint density at radius 2 is 2.00 bits per heavy atom. The summed E-state index contributed by atoms with van der Waals surface area (Å²) in [6.07, 6.45) is 0. The van der Waals surface area contributed by atoms with Gasteiger partial charge in [0.2, 0.25) is 0 Å². The lowest BCUT2D eigenvalue weighted by Gasteiger charge is -2.13. The second-order valence-electron chi connectivity index (χ2n) is 2.92. The highest BCUT2D eigenvalue weighted by molar-refractivity contribution is 6.34. The van der Waals surface area contributed by atoms with Crippen LogP contribution in [0.15, 0.2) is 6.07 Å². The van der Waals surface area contributed by atoms with Crippen LogP contribution in [0.5, 0.6) is 11.5 Å². The topological polar surface area (TPSA) is 55.8 Å². The molecule has 0 amide bonds. The van der Waals surface area contributed by atoms with Gasteiger partial charge in [-0.1, -0.05) is 11.6 Å². The molecule has 0 aliphatic rings. The summed E-state index contributed by atoms with van der Waals surface area (Å²) in [6.45, 7) is 1.66. The first-order chi connectivity index (χ1) is 7.02. The summed E-state index contributed by atoms with van der Waals surface area (Å²) >= 11 is 5.92. The monoisotopic (exact) mass is 230 g/mol. The summed E-state index contributed by atoms with van der Waals surface area (Å²) in [4.78, 5) is 11.0. The molecule has 0 saturated heterocycles. The maximum Gasteiger partial charge on any atom is 0.339 e. The Hall–Kier alpha value is -1.42. The molecule has 4 nitrogen and oxygen atoms in total. The van der Waals surface area contributed by atoms with Gasteiger partial charge in [0.25, 0.3) is 0 Å². The lowest BCUT2D eigenvalue weighted by Crippen LogP contribution is -2.05. The van der Waals surface area contributed by atoms with E-state index in [1.54, 1.807) is 13.0 Å². The van der Waals surface area contributed by atoms with Gasteiger partial charge >= 0.3 is 5.97 Å². The number of carboxylic acid groups (broad SMARTS) is 1. The third kappa shape index (κ3) is 1.99. The number of aryl methyl sites for hydroxylation is 1. The molecular weight excluding hydrogens is 220 g/mol. The molecule has 0 unspecified atom stereocenters. The molecule has 0 atom stereocenters. The minimum Gasteiger partial charge on any atom is -0.495 e. The van der Waals surface area contributed by atoms with Crippen LogP contribution in [0.1, 0.15) is 15.9 Å². The number of aromatic carboxylic acids is 1. The summed E-state index contributed by atoms with van der Waals surface area (Å²) in [5, 5.41) is 9.16. The molecule has 15 heavy (non-hydrogen) atoms. The number of halogens is 1. The van der Waals surface area contributed by atoms with E-state index in [0.717, 1.165) is 0 Å². The van der Waals surface area contributed by atoms with E-state index in [0.29, 0.717) is 11.3 Å². The fourth-order valence-corrected chi connectivity index (χ4v) is 1.64. The van der Waals surface area contributed by atoms with Gasteiger partial charge in [-0.3, -0.25) is 0 Å². The Kier molecular flexibility index (Phi) is 3.42. The van der Waals surface area contributed by atoms with E-state index < -0.39 is 5.97 Å². The molecule has 0 spiro atoms. The van der Waals surface area contributed by atoms with E-state index in [-0.39, 0.29) is 16.3 Å². The molecule has 0 radical (unpaired) electrons. The molecule has 82 valence electrons. The molecule has 1 aromatic rings. The van der Waals surface area contributed by atoms with Crippen molar-refractivity contribution in [2.75, 3.05) is 14.2 Å². The second kappa shape index (κ2) is 4.40. The molecule has 1 aromatic carbocycles. The fraction of sp³-hybridized carbons (Fsp3) is 0.300. The average molecular weight is 231 g/mol. The number of carbonyl (C=O) groups is 1. The third-order valence-corrected chi connectivity index (χ3v) is 2.38. The molecule has 0 saturated carbocycles. The van der Waals surface area contributed by atoms with Crippen molar-refractivity contribution in [3.05, 3.63) is 22.2 Å². The molecule has 0 aliphatic carbocycles. The maximum atomic E-state index is 11.0. The molecule has 0 bridgehead atoms. The summed E-state index contributed by atoms with van der Waals surface area (Å²) < 4.78 is 9.97. The molecular formula is C10H11ClO4. The van der Waals surface area contributed by atoms with Crippen molar-refractivity contribution in [1.82, 2.24) is 0 Å². The number of carboxylic acids is 1. The smallest absolute Gasteiger partial charge is 0.339 e. The fourth-order valence-electron chi connectivity index (χ4n) is 1.34. The van der Waals surface area contributed by atoms with Crippen LogP contribution in [0, 0.1) is 6.92 Å². The van der Waals surface area contributed by atoms with Crippen LogP contribution < -0.4 is 9.47 Å². The van der Waals surface area contributed by atoms with Crippen molar-refractivity contribution >= 4 is 17.6 Å².